The standard InChI is InChI=1S/C36H38Cl3N3O4S/c1-24-14-18-28(19-15-24)47(45,46)42(32-21-27(37)17-16-25(32)2)23-34(43)41(22-29-30(38)12-9-13-31(29)39)33(35(44)40-36(3,4)5)20-26-10-7-6-8-11-26/h6-19,21,33H,20,22-23H2,1-5H3,(H,40,44). The summed E-state index contributed by atoms with van der Waals surface area (Å²) in [6, 6.07) is 24.5. The first kappa shape index (κ1) is 36.3. The molecule has 0 aliphatic heterocycles. The normalized spacial score (nSPS) is 12.3. The number of hydrogen-bond donors (Lipinski definition) is 1. The maximum Gasteiger partial charge on any atom is 0.264 e. The minimum atomic E-state index is -4.29. The van der Waals surface area contributed by atoms with Crippen LogP contribution in [0.1, 0.15) is 43.0 Å². The van der Waals surface area contributed by atoms with Crippen LogP contribution in [0.2, 0.25) is 15.1 Å². The molecule has 1 unspecified atom stereocenters. The van der Waals surface area contributed by atoms with Crippen LogP contribution in [0.5, 0.6) is 0 Å². The lowest BCUT2D eigenvalue weighted by molar-refractivity contribution is -0.140. The maximum absolute atomic E-state index is 14.7. The first-order valence-corrected chi connectivity index (χ1v) is 17.6. The lowest BCUT2D eigenvalue weighted by atomic mass is 10.0. The zero-order valence-corrected chi connectivity index (χ0v) is 30.0. The van der Waals surface area contributed by atoms with E-state index in [1.54, 1.807) is 49.4 Å². The highest BCUT2D eigenvalue weighted by molar-refractivity contribution is 7.92. The van der Waals surface area contributed by atoms with Crippen molar-refractivity contribution in [2.24, 2.45) is 0 Å². The molecule has 1 N–H and O–H groups in total. The Morgan fingerprint density at radius 1 is 0.830 bits per heavy atom. The summed E-state index contributed by atoms with van der Waals surface area (Å²) in [7, 11) is -4.29. The summed E-state index contributed by atoms with van der Waals surface area (Å²) in [4.78, 5) is 30.1. The van der Waals surface area contributed by atoms with E-state index in [1.807, 2.05) is 58.0 Å². The van der Waals surface area contributed by atoms with Crippen molar-refractivity contribution in [2.75, 3.05) is 10.8 Å². The summed E-state index contributed by atoms with van der Waals surface area (Å²) in [6.45, 7) is 8.35. The number of halogens is 3. The fraction of sp³-hybridized carbons (Fsp3) is 0.278. The van der Waals surface area contributed by atoms with Crippen molar-refractivity contribution in [3.8, 4) is 0 Å². The van der Waals surface area contributed by atoms with Crippen LogP contribution in [0.4, 0.5) is 5.69 Å². The molecule has 0 spiro atoms. The molecule has 1 atom stereocenters. The molecule has 4 aromatic rings. The number of hydrogen-bond acceptors (Lipinski definition) is 4. The Balaban J connectivity index is 1.88. The molecule has 0 aromatic heterocycles. The van der Waals surface area contributed by atoms with Crippen molar-refractivity contribution in [1.29, 1.82) is 0 Å². The number of amides is 2. The topological polar surface area (TPSA) is 86.8 Å². The summed E-state index contributed by atoms with van der Waals surface area (Å²) in [6.07, 6.45) is 0.150. The van der Waals surface area contributed by atoms with Gasteiger partial charge in [0.2, 0.25) is 11.8 Å². The smallest absolute Gasteiger partial charge is 0.264 e. The third-order valence-corrected chi connectivity index (χ3v) is 10.2. The van der Waals surface area contributed by atoms with Gasteiger partial charge in [-0.1, -0.05) is 95.0 Å². The Hall–Kier alpha value is -3.56. The quantitative estimate of drug-likeness (QED) is 0.171. The van der Waals surface area contributed by atoms with Crippen molar-refractivity contribution in [3.05, 3.63) is 128 Å². The molecule has 4 aromatic carbocycles. The molecule has 2 amide bonds. The highest BCUT2D eigenvalue weighted by Crippen LogP contribution is 2.32. The number of sulfonamides is 1. The van der Waals surface area contributed by atoms with Crippen LogP contribution in [0.3, 0.4) is 0 Å². The van der Waals surface area contributed by atoms with E-state index in [-0.39, 0.29) is 23.5 Å². The van der Waals surface area contributed by atoms with Crippen LogP contribution in [0.25, 0.3) is 0 Å². The number of nitrogens with one attached hydrogen (secondary N) is 1. The molecule has 0 aliphatic carbocycles. The first-order chi connectivity index (χ1) is 22.1. The zero-order valence-electron chi connectivity index (χ0n) is 26.9. The molecule has 0 radical (unpaired) electrons. The molecule has 0 aliphatic rings. The Morgan fingerprint density at radius 2 is 1.45 bits per heavy atom. The second-order valence-corrected chi connectivity index (χ2v) is 15.5. The van der Waals surface area contributed by atoms with Crippen LogP contribution >= 0.6 is 34.8 Å². The zero-order chi connectivity index (χ0) is 34.5. The van der Waals surface area contributed by atoms with Crippen molar-refractivity contribution in [3.63, 3.8) is 0 Å². The summed E-state index contributed by atoms with van der Waals surface area (Å²) >= 11 is 19.5. The van der Waals surface area contributed by atoms with Crippen LogP contribution < -0.4 is 9.62 Å². The van der Waals surface area contributed by atoms with E-state index in [4.69, 9.17) is 34.8 Å². The monoisotopic (exact) mass is 713 g/mol. The summed E-state index contributed by atoms with van der Waals surface area (Å²) in [5.41, 5.74) is 2.31. The minimum Gasteiger partial charge on any atom is -0.350 e. The molecule has 0 saturated carbocycles. The Bertz CT molecular complexity index is 1820. The summed E-state index contributed by atoms with van der Waals surface area (Å²) in [5.74, 6) is -1.05. The average molecular weight is 715 g/mol. The van der Waals surface area contributed by atoms with Gasteiger partial charge in [-0.3, -0.25) is 13.9 Å². The maximum atomic E-state index is 14.7. The van der Waals surface area contributed by atoms with Gasteiger partial charge in [-0.05, 0) is 82.1 Å². The molecule has 7 nitrogen and oxygen atoms in total. The van der Waals surface area contributed by atoms with E-state index in [9.17, 15) is 18.0 Å². The molecule has 0 bridgehead atoms. The van der Waals surface area contributed by atoms with Crippen LogP contribution in [-0.2, 0) is 32.6 Å². The molecule has 0 saturated heterocycles. The van der Waals surface area contributed by atoms with Crippen LogP contribution in [0, 0.1) is 13.8 Å². The van der Waals surface area contributed by atoms with E-state index in [2.05, 4.69) is 5.32 Å². The van der Waals surface area contributed by atoms with Gasteiger partial charge < -0.3 is 10.2 Å². The average Bonchev–Trinajstić information content (AvgIpc) is 3.00. The second-order valence-electron chi connectivity index (χ2n) is 12.4. The number of carbonyl (C=O) groups is 2. The van der Waals surface area contributed by atoms with Crippen molar-refractivity contribution >= 4 is 62.3 Å². The van der Waals surface area contributed by atoms with Gasteiger partial charge in [-0.2, -0.15) is 0 Å². The molecule has 11 heteroatoms. The van der Waals surface area contributed by atoms with Crippen LogP contribution in [0.15, 0.2) is 95.9 Å². The van der Waals surface area contributed by atoms with Gasteiger partial charge in [-0.25, -0.2) is 8.42 Å². The number of rotatable bonds is 11. The predicted molar refractivity (Wildman–Crippen MR) is 191 cm³/mol. The number of benzene rings is 4. The largest absolute Gasteiger partial charge is 0.350 e. The van der Waals surface area contributed by atoms with E-state index in [0.717, 1.165) is 15.4 Å². The highest BCUT2D eigenvalue weighted by atomic mass is 35.5. The van der Waals surface area contributed by atoms with Crippen molar-refractivity contribution < 1.29 is 18.0 Å². The fourth-order valence-electron chi connectivity index (χ4n) is 5.06. The van der Waals surface area contributed by atoms with Crippen LogP contribution in [-0.4, -0.2) is 43.3 Å². The first-order valence-electron chi connectivity index (χ1n) is 15.0. The number of carbonyl (C=O) groups excluding carboxylic acids is 2. The van der Waals surface area contributed by atoms with Gasteiger partial charge in [0, 0.05) is 39.1 Å². The van der Waals surface area contributed by atoms with E-state index >= 15 is 0 Å². The van der Waals surface area contributed by atoms with Gasteiger partial charge in [0.05, 0.1) is 10.6 Å². The number of nitrogens with zero attached hydrogens (tertiary/aromatic N) is 2. The molecular weight excluding hydrogens is 677 g/mol. The molecule has 0 fully saturated rings. The van der Waals surface area contributed by atoms with E-state index in [1.165, 1.54) is 23.1 Å². The minimum absolute atomic E-state index is 0.00212. The molecular formula is C36H38Cl3N3O4S. The van der Waals surface area contributed by atoms with Gasteiger partial charge in [0.15, 0.2) is 0 Å². The molecule has 0 heterocycles. The number of aryl methyl sites for hydroxylation is 2. The second kappa shape index (κ2) is 15.1. The van der Waals surface area contributed by atoms with E-state index < -0.39 is 40.0 Å². The third kappa shape index (κ3) is 9.29. The SMILES string of the molecule is Cc1ccc(S(=O)(=O)N(CC(=O)N(Cc2c(Cl)cccc2Cl)C(Cc2ccccc2)C(=O)NC(C)(C)C)c2cc(Cl)ccc2C)cc1. The van der Waals surface area contributed by atoms with Gasteiger partial charge in [0.25, 0.3) is 10.0 Å². The van der Waals surface area contributed by atoms with E-state index in [0.29, 0.717) is 26.2 Å². The van der Waals surface area contributed by atoms with Gasteiger partial charge in [0.1, 0.15) is 12.6 Å². The Kier molecular flexibility index (Phi) is 11.7. The van der Waals surface area contributed by atoms with Gasteiger partial charge >= 0.3 is 0 Å². The molecule has 47 heavy (non-hydrogen) atoms. The fourth-order valence-corrected chi connectivity index (χ4v) is 7.22. The Morgan fingerprint density at radius 3 is 2.04 bits per heavy atom. The lowest BCUT2D eigenvalue weighted by Crippen LogP contribution is -2.56. The van der Waals surface area contributed by atoms with Gasteiger partial charge in [-0.15, -0.1) is 0 Å². The summed E-state index contributed by atoms with van der Waals surface area (Å²) in [5, 5.41) is 3.91. The third-order valence-electron chi connectivity index (χ3n) is 7.49. The lowest BCUT2D eigenvalue weighted by Gasteiger charge is -2.36. The molecule has 4 rings (SSSR count). The highest BCUT2D eigenvalue weighted by Gasteiger charge is 2.36. The predicted octanol–water partition coefficient (Wildman–Crippen LogP) is 8.01. The van der Waals surface area contributed by atoms with Crippen molar-refractivity contribution in [1.82, 2.24) is 10.2 Å². The summed E-state index contributed by atoms with van der Waals surface area (Å²) < 4.78 is 29.7. The Labute approximate surface area is 292 Å². The molecule has 248 valence electrons. The van der Waals surface area contributed by atoms with Crippen molar-refractivity contribution in [2.45, 2.75) is 64.1 Å². The number of anilines is 1.